The molecular formula is C34H25N3O6. The first kappa shape index (κ1) is 26.3. The van der Waals surface area contributed by atoms with E-state index < -0.39 is 34.1 Å². The summed E-state index contributed by atoms with van der Waals surface area (Å²) in [5.41, 5.74) is 1.74. The van der Waals surface area contributed by atoms with E-state index in [0.717, 1.165) is 11.3 Å². The van der Waals surface area contributed by atoms with Gasteiger partial charge in [0, 0.05) is 34.6 Å². The largest absolute Gasteiger partial charge is 0.497 e. The van der Waals surface area contributed by atoms with Gasteiger partial charge >= 0.3 is 0 Å². The van der Waals surface area contributed by atoms with E-state index in [1.165, 1.54) is 31.4 Å². The minimum atomic E-state index is -1.45. The Morgan fingerprint density at radius 2 is 1.53 bits per heavy atom. The maximum Gasteiger partial charge on any atom is 0.269 e. The quantitative estimate of drug-likeness (QED) is 0.185. The lowest BCUT2D eigenvalue weighted by Gasteiger charge is -2.37. The SMILES string of the molecule is COc1ccc(C(=O)[C@@H]2[C@H](C(=O)c3ccc([N+](=O)[O-])cc3)N3c4ccccc4C=C[C@@H]3[C@]23C(=O)Nc2ccccc23)cc1. The Morgan fingerprint density at radius 3 is 2.26 bits per heavy atom. The topological polar surface area (TPSA) is 119 Å². The smallest absolute Gasteiger partial charge is 0.269 e. The van der Waals surface area contributed by atoms with Crippen LogP contribution in [0.3, 0.4) is 0 Å². The van der Waals surface area contributed by atoms with E-state index in [4.69, 9.17) is 4.74 Å². The molecule has 0 bridgehead atoms. The molecule has 1 amide bonds. The number of methoxy groups -OCH3 is 1. The number of amides is 1. The van der Waals surface area contributed by atoms with Crippen LogP contribution in [0.2, 0.25) is 0 Å². The predicted molar refractivity (Wildman–Crippen MR) is 161 cm³/mol. The molecule has 4 atom stereocenters. The monoisotopic (exact) mass is 571 g/mol. The predicted octanol–water partition coefficient (Wildman–Crippen LogP) is 5.46. The third kappa shape index (κ3) is 3.74. The zero-order valence-corrected chi connectivity index (χ0v) is 23.0. The van der Waals surface area contributed by atoms with Crippen molar-refractivity contribution in [1.82, 2.24) is 0 Å². The molecule has 1 fully saturated rings. The molecule has 1 N–H and O–H groups in total. The average molecular weight is 572 g/mol. The Hall–Kier alpha value is -5.57. The molecule has 4 aromatic carbocycles. The molecule has 0 radical (unpaired) electrons. The van der Waals surface area contributed by atoms with Gasteiger partial charge in [0.05, 0.1) is 24.0 Å². The molecule has 7 rings (SSSR count). The Bertz CT molecular complexity index is 1850. The van der Waals surface area contributed by atoms with Crippen molar-refractivity contribution in [2.24, 2.45) is 5.92 Å². The van der Waals surface area contributed by atoms with Gasteiger partial charge in [0.2, 0.25) is 5.91 Å². The fourth-order valence-electron chi connectivity index (χ4n) is 6.97. The highest BCUT2D eigenvalue weighted by atomic mass is 16.6. The van der Waals surface area contributed by atoms with Gasteiger partial charge in [0.15, 0.2) is 11.6 Å². The summed E-state index contributed by atoms with van der Waals surface area (Å²) in [5, 5.41) is 14.3. The second kappa shape index (κ2) is 9.77. The zero-order valence-electron chi connectivity index (χ0n) is 23.0. The molecule has 1 saturated heterocycles. The number of non-ortho nitro benzene ring substituents is 1. The van der Waals surface area contributed by atoms with Crippen molar-refractivity contribution < 1.29 is 24.0 Å². The number of ketones is 2. The minimum absolute atomic E-state index is 0.154. The molecule has 0 aromatic heterocycles. The maximum atomic E-state index is 14.8. The number of anilines is 2. The van der Waals surface area contributed by atoms with Crippen LogP contribution in [0.5, 0.6) is 5.75 Å². The highest BCUT2D eigenvalue weighted by molar-refractivity contribution is 6.18. The number of para-hydroxylation sites is 2. The van der Waals surface area contributed by atoms with Gasteiger partial charge in [-0.15, -0.1) is 0 Å². The molecule has 0 saturated carbocycles. The van der Waals surface area contributed by atoms with Crippen molar-refractivity contribution in [2.45, 2.75) is 17.5 Å². The number of nitro groups is 1. The Morgan fingerprint density at radius 1 is 0.884 bits per heavy atom. The Labute approximate surface area is 246 Å². The fraction of sp³-hybridized carbons (Fsp3) is 0.147. The molecule has 9 heteroatoms. The van der Waals surface area contributed by atoms with Crippen LogP contribution in [0.1, 0.15) is 31.8 Å². The molecule has 9 nitrogen and oxygen atoms in total. The number of carbonyl (C=O) groups excluding carboxylic acids is 3. The van der Waals surface area contributed by atoms with Crippen molar-refractivity contribution >= 4 is 40.6 Å². The normalized spacial score (nSPS) is 22.9. The van der Waals surface area contributed by atoms with Crippen LogP contribution in [0, 0.1) is 16.0 Å². The number of ether oxygens (including phenoxy) is 1. The molecule has 0 unspecified atom stereocenters. The first-order valence-electron chi connectivity index (χ1n) is 13.8. The summed E-state index contributed by atoms with van der Waals surface area (Å²) >= 11 is 0. The second-order valence-electron chi connectivity index (χ2n) is 10.8. The highest BCUT2D eigenvalue weighted by Crippen LogP contribution is 2.58. The summed E-state index contributed by atoms with van der Waals surface area (Å²) in [6.45, 7) is 0. The average Bonchev–Trinajstić information content (AvgIpc) is 3.52. The summed E-state index contributed by atoms with van der Waals surface area (Å²) in [4.78, 5) is 56.5. The standard InChI is InChI=1S/C34H25N3O6/c1-43-24-17-12-21(13-18-24)31(38)29-30(32(39)22-10-15-23(16-11-22)37(41)42)36-27-9-5-2-6-20(27)14-19-28(36)34(29)25-7-3-4-8-26(25)35-33(34)40/h2-19,28-30H,1H3,(H,35,40)/t28-,29+,30-,34+/m1/s1. The number of rotatable bonds is 6. The summed E-state index contributed by atoms with van der Waals surface area (Å²) in [6, 6.07) is 25.0. The fourth-order valence-corrected chi connectivity index (χ4v) is 6.97. The van der Waals surface area contributed by atoms with Crippen molar-refractivity contribution in [1.29, 1.82) is 0 Å². The molecule has 4 aromatic rings. The van der Waals surface area contributed by atoms with E-state index in [1.54, 1.807) is 30.3 Å². The zero-order chi connectivity index (χ0) is 29.9. The molecule has 43 heavy (non-hydrogen) atoms. The summed E-state index contributed by atoms with van der Waals surface area (Å²) in [7, 11) is 1.53. The number of hydrogen-bond donors (Lipinski definition) is 1. The molecule has 212 valence electrons. The lowest BCUT2D eigenvalue weighted by atomic mass is 9.64. The number of nitrogens with one attached hydrogen (secondary N) is 1. The summed E-state index contributed by atoms with van der Waals surface area (Å²) in [5.74, 6) is -1.72. The van der Waals surface area contributed by atoms with Crippen LogP contribution < -0.4 is 15.0 Å². The van der Waals surface area contributed by atoms with Gasteiger partial charge < -0.3 is 15.0 Å². The third-order valence-electron chi connectivity index (χ3n) is 8.83. The number of nitro benzene ring substituents is 1. The van der Waals surface area contributed by atoms with E-state index in [-0.39, 0.29) is 22.9 Å². The third-order valence-corrected chi connectivity index (χ3v) is 8.83. The lowest BCUT2D eigenvalue weighted by Crippen LogP contribution is -2.51. The van der Waals surface area contributed by atoms with Gasteiger partial charge in [-0.05, 0) is 59.7 Å². The Balaban J connectivity index is 1.50. The number of carbonyl (C=O) groups is 3. The summed E-state index contributed by atoms with van der Waals surface area (Å²) in [6.07, 6.45) is 3.83. The minimum Gasteiger partial charge on any atom is -0.497 e. The van der Waals surface area contributed by atoms with Gasteiger partial charge in [0.1, 0.15) is 17.2 Å². The molecule has 3 aliphatic heterocycles. The van der Waals surface area contributed by atoms with Gasteiger partial charge in [-0.25, -0.2) is 0 Å². The highest BCUT2D eigenvalue weighted by Gasteiger charge is 2.70. The van der Waals surface area contributed by atoms with E-state index in [1.807, 2.05) is 59.5 Å². The second-order valence-corrected chi connectivity index (χ2v) is 10.8. The van der Waals surface area contributed by atoms with Crippen LogP contribution in [0.4, 0.5) is 17.1 Å². The number of fused-ring (bicyclic) bond motifs is 6. The van der Waals surface area contributed by atoms with Gasteiger partial charge in [-0.1, -0.05) is 48.6 Å². The first-order valence-corrected chi connectivity index (χ1v) is 13.8. The first-order chi connectivity index (χ1) is 20.9. The van der Waals surface area contributed by atoms with Crippen LogP contribution in [-0.2, 0) is 10.2 Å². The molecular weight excluding hydrogens is 546 g/mol. The van der Waals surface area contributed by atoms with Gasteiger partial charge in [-0.2, -0.15) is 0 Å². The van der Waals surface area contributed by atoms with Crippen molar-refractivity contribution in [3.8, 4) is 5.75 Å². The van der Waals surface area contributed by atoms with Gasteiger partial charge in [-0.3, -0.25) is 24.5 Å². The van der Waals surface area contributed by atoms with Crippen LogP contribution >= 0.6 is 0 Å². The molecule has 3 heterocycles. The van der Waals surface area contributed by atoms with E-state index >= 15 is 0 Å². The molecule has 3 aliphatic rings. The number of benzene rings is 4. The van der Waals surface area contributed by atoms with Crippen molar-refractivity contribution in [3.63, 3.8) is 0 Å². The van der Waals surface area contributed by atoms with Crippen LogP contribution in [0.15, 0.2) is 103 Å². The van der Waals surface area contributed by atoms with Crippen molar-refractivity contribution in [2.75, 3.05) is 17.3 Å². The van der Waals surface area contributed by atoms with E-state index in [2.05, 4.69) is 5.32 Å². The van der Waals surface area contributed by atoms with E-state index in [0.29, 0.717) is 22.6 Å². The molecule has 0 aliphatic carbocycles. The Kier molecular flexibility index (Phi) is 5.98. The lowest BCUT2D eigenvalue weighted by molar-refractivity contribution is -0.384. The van der Waals surface area contributed by atoms with Gasteiger partial charge in [0.25, 0.3) is 5.69 Å². The van der Waals surface area contributed by atoms with E-state index in [9.17, 15) is 24.5 Å². The number of hydrogen-bond acceptors (Lipinski definition) is 7. The number of nitrogens with zero attached hydrogens (tertiary/aromatic N) is 2. The van der Waals surface area contributed by atoms with Crippen LogP contribution in [-0.4, -0.2) is 41.6 Å². The maximum absolute atomic E-state index is 14.8. The summed E-state index contributed by atoms with van der Waals surface area (Å²) < 4.78 is 5.30. The van der Waals surface area contributed by atoms with Crippen molar-refractivity contribution in [3.05, 3.63) is 136 Å². The number of Topliss-reactive ketones (excluding diaryl/α,β-unsaturated/α-hetero) is 2. The van der Waals surface area contributed by atoms with Crippen LogP contribution in [0.25, 0.3) is 6.08 Å². The molecule has 1 spiro atoms.